The predicted molar refractivity (Wildman–Crippen MR) is 79.9 cm³/mol. The Hall–Kier alpha value is -2.15. The predicted octanol–water partition coefficient (Wildman–Crippen LogP) is 2.05. The molecule has 0 aliphatic heterocycles. The number of halogens is 1. The number of nitrogens with zero attached hydrogens (tertiary/aromatic N) is 2. The molecule has 1 heterocycles. The van der Waals surface area contributed by atoms with Crippen LogP contribution in [0.4, 0.5) is 0 Å². The van der Waals surface area contributed by atoms with Crippen molar-refractivity contribution in [2.75, 3.05) is 0 Å². The lowest BCUT2D eigenvalue weighted by Gasteiger charge is -2.14. The van der Waals surface area contributed by atoms with Gasteiger partial charge in [-0.2, -0.15) is 5.10 Å². The smallest absolute Gasteiger partial charge is 0.331 e. The van der Waals surface area contributed by atoms with Crippen molar-refractivity contribution in [2.45, 2.75) is 13.0 Å². The van der Waals surface area contributed by atoms with E-state index in [9.17, 15) is 14.7 Å². The zero-order valence-corrected chi connectivity index (χ0v) is 13.1. The number of benzene rings is 1. The molecular formula is C14H14BrN3O3. The topological polar surface area (TPSA) is 84.2 Å². The van der Waals surface area contributed by atoms with Gasteiger partial charge in [0.15, 0.2) is 6.04 Å². The fourth-order valence-electron chi connectivity index (χ4n) is 1.90. The van der Waals surface area contributed by atoms with Gasteiger partial charge in [-0.25, -0.2) is 4.79 Å². The molecule has 1 aromatic heterocycles. The number of rotatable bonds is 4. The minimum absolute atomic E-state index is 0.394. The van der Waals surface area contributed by atoms with Gasteiger partial charge >= 0.3 is 5.97 Å². The molecule has 7 heteroatoms. The van der Waals surface area contributed by atoms with E-state index in [1.807, 2.05) is 13.0 Å². The number of aromatic nitrogens is 2. The van der Waals surface area contributed by atoms with Gasteiger partial charge in [0.05, 0.1) is 11.8 Å². The van der Waals surface area contributed by atoms with E-state index in [4.69, 9.17) is 0 Å². The van der Waals surface area contributed by atoms with Crippen LogP contribution in [-0.4, -0.2) is 26.8 Å². The fourth-order valence-corrected chi connectivity index (χ4v) is 2.33. The Kier molecular flexibility index (Phi) is 4.42. The lowest BCUT2D eigenvalue weighted by molar-refractivity contribution is -0.139. The average Bonchev–Trinajstić information content (AvgIpc) is 2.84. The molecule has 0 radical (unpaired) electrons. The SMILES string of the molecule is Cc1ccc(Br)c(C(=O)NC(C(=O)O)c2cnn(C)c2)c1. The van der Waals surface area contributed by atoms with E-state index in [0.717, 1.165) is 5.56 Å². The number of aryl methyl sites for hydroxylation is 2. The maximum absolute atomic E-state index is 12.3. The van der Waals surface area contributed by atoms with Gasteiger partial charge < -0.3 is 10.4 Å². The lowest BCUT2D eigenvalue weighted by Crippen LogP contribution is -2.33. The number of nitrogens with one attached hydrogen (secondary N) is 1. The molecular weight excluding hydrogens is 338 g/mol. The first-order valence-electron chi connectivity index (χ1n) is 6.17. The van der Waals surface area contributed by atoms with E-state index < -0.39 is 17.9 Å². The van der Waals surface area contributed by atoms with E-state index >= 15 is 0 Å². The zero-order valence-electron chi connectivity index (χ0n) is 11.5. The molecule has 1 unspecified atom stereocenters. The summed E-state index contributed by atoms with van der Waals surface area (Å²) in [5.74, 6) is -1.60. The molecule has 21 heavy (non-hydrogen) atoms. The molecule has 0 aliphatic carbocycles. The van der Waals surface area contributed by atoms with Crippen molar-refractivity contribution in [3.63, 3.8) is 0 Å². The second-order valence-corrected chi connectivity index (χ2v) is 5.53. The summed E-state index contributed by atoms with van der Waals surface area (Å²) in [7, 11) is 1.68. The van der Waals surface area contributed by atoms with Crippen LogP contribution in [0.3, 0.4) is 0 Å². The third kappa shape index (κ3) is 3.49. The Labute approximate surface area is 129 Å². The number of aliphatic carboxylic acids is 1. The van der Waals surface area contributed by atoms with Gasteiger partial charge in [0.2, 0.25) is 0 Å². The van der Waals surface area contributed by atoms with Crippen LogP contribution in [0.5, 0.6) is 0 Å². The normalized spacial score (nSPS) is 12.0. The third-order valence-corrected chi connectivity index (χ3v) is 3.64. The highest BCUT2D eigenvalue weighted by atomic mass is 79.9. The van der Waals surface area contributed by atoms with E-state index in [1.165, 1.54) is 10.9 Å². The van der Waals surface area contributed by atoms with Crippen molar-refractivity contribution >= 4 is 27.8 Å². The minimum Gasteiger partial charge on any atom is -0.479 e. The van der Waals surface area contributed by atoms with E-state index in [-0.39, 0.29) is 0 Å². The van der Waals surface area contributed by atoms with Gasteiger partial charge in [-0.1, -0.05) is 11.6 Å². The van der Waals surface area contributed by atoms with Crippen LogP contribution in [-0.2, 0) is 11.8 Å². The Morgan fingerprint density at radius 1 is 1.43 bits per heavy atom. The van der Waals surface area contributed by atoms with Crippen LogP contribution in [0.2, 0.25) is 0 Å². The molecule has 1 atom stereocenters. The molecule has 2 N–H and O–H groups in total. The molecule has 110 valence electrons. The van der Waals surface area contributed by atoms with Crippen molar-refractivity contribution in [1.82, 2.24) is 15.1 Å². The molecule has 2 aromatic rings. The highest BCUT2D eigenvalue weighted by Crippen LogP contribution is 2.20. The standard InChI is InChI=1S/C14H14BrN3O3/c1-8-3-4-11(15)10(5-8)13(19)17-12(14(20)21)9-6-16-18(2)7-9/h3-7,12H,1-2H3,(H,17,19)(H,20,21). The largest absolute Gasteiger partial charge is 0.479 e. The first-order valence-corrected chi connectivity index (χ1v) is 6.96. The van der Waals surface area contributed by atoms with Crippen molar-refractivity contribution in [3.05, 3.63) is 51.8 Å². The van der Waals surface area contributed by atoms with Crippen molar-refractivity contribution in [1.29, 1.82) is 0 Å². The number of carbonyl (C=O) groups is 2. The molecule has 1 amide bonds. The summed E-state index contributed by atoms with van der Waals surface area (Å²) in [6.07, 6.45) is 2.98. The summed E-state index contributed by atoms with van der Waals surface area (Å²) >= 11 is 3.29. The van der Waals surface area contributed by atoms with Crippen LogP contribution in [0.1, 0.15) is 27.5 Å². The minimum atomic E-state index is -1.14. The second kappa shape index (κ2) is 6.09. The molecule has 0 aliphatic rings. The van der Waals surface area contributed by atoms with Gasteiger partial charge in [-0.05, 0) is 35.0 Å². The van der Waals surface area contributed by atoms with E-state index in [2.05, 4.69) is 26.3 Å². The van der Waals surface area contributed by atoms with Crippen LogP contribution in [0.15, 0.2) is 35.1 Å². The van der Waals surface area contributed by atoms with Gasteiger partial charge in [-0.15, -0.1) is 0 Å². The monoisotopic (exact) mass is 351 g/mol. The molecule has 0 spiro atoms. The van der Waals surface area contributed by atoms with Crippen LogP contribution in [0.25, 0.3) is 0 Å². The Balaban J connectivity index is 2.27. The summed E-state index contributed by atoms with van der Waals surface area (Å²) < 4.78 is 2.10. The quantitative estimate of drug-likeness (QED) is 0.882. The summed E-state index contributed by atoms with van der Waals surface area (Å²) in [6, 6.07) is 4.17. The molecule has 0 saturated heterocycles. The van der Waals surface area contributed by atoms with E-state index in [1.54, 1.807) is 25.4 Å². The van der Waals surface area contributed by atoms with Gasteiger partial charge in [-0.3, -0.25) is 9.48 Å². The summed E-state index contributed by atoms with van der Waals surface area (Å²) in [5.41, 5.74) is 1.73. The molecule has 0 saturated carbocycles. The first kappa shape index (κ1) is 15.2. The van der Waals surface area contributed by atoms with E-state index in [0.29, 0.717) is 15.6 Å². The molecule has 0 fully saturated rings. The Bertz CT molecular complexity index is 697. The Morgan fingerprint density at radius 2 is 2.14 bits per heavy atom. The van der Waals surface area contributed by atoms with Gasteiger partial charge in [0, 0.05) is 23.3 Å². The molecule has 0 bridgehead atoms. The maximum Gasteiger partial charge on any atom is 0.331 e. The third-order valence-electron chi connectivity index (χ3n) is 2.95. The number of hydrogen-bond acceptors (Lipinski definition) is 3. The number of carbonyl (C=O) groups excluding carboxylic acids is 1. The maximum atomic E-state index is 12.3. The van der Waals surface area contributed by atoms with Gasteiger partial charge in [0.25, 0.3) is 5.91 Å². The van der Waals surface area contributed by atoms with Crippen LogP contribution >= 0.6 is 15.9 Å². The number of hydrogen-bond donors (Lipinski definition) is 2. The highest BCUT2D eigenvalue weighted by Gasteiger charge is 2.24. The van der Waals surface area contributed by atoms with Crippen molar-refractivity contribution in [2.24, 2.45) is 7.05 Å². The number of carboxylic acids is 1. The van der Waals surface area contributed by atoms with Crippen molar-refractivity contribution in [3.8, 4) is 0 Å². The highest BCUT2D eigenvalue weighted by molar-refractivity contribution is 9.10. The Morgan fingerprint density at radius 3 is 2.71 bits per heavy atom. The summed E-state index contributed by atoms with van der Waals surface area (Å²) in [4.78, 5) is 23.6. The molecule has 2 rings (SSSR count). The molecule has 1 aromatic carbocycles. The average molecular weight is 352 g/mol. The number of amides is 1. The fraction of sp³-hybridized carbons (Fsp3) is 0.214. The first-order chi connectivity index (χ1) is 9.88. The van der Waals surface area contributed by atoms with Crippen LogP contribution < -0.4 is 5.32 Å². The zero-order chi connectivity index (χ0) is 15.6. The summed E-state index contributed by atoms with van der Waals surface area (Å²) in [6.45, 7) is 1.86. The van der Waals surface area contributed by atoms with Gasteiger partial charge in [0.1, 0.15) is 0 Å². The summed E-state index contributed by atoms with van der Waals surface area (Å²) in [5, 5.41) is 15.7. The number of carboxylic acid groups (broad SMARTS) is 1. The molecule has 6 nitrogen and oxygen atoms in total. The van der Waals surface area contributed by atoms with Crippen LogP contribution in [0, 0.1) is 6.92 Å². The van der Waals surface area contributed by atoms with Crippen molar-refractivity contribution < 1.29 is 14.7 Å². The lowest BCUT2D eigenvalue weighted by atomic mass is 10.1. The second-order valence-electron chi connectivity index (χ2n) is 4.68.